The normalized spacial score (nSPS) is 15.1. The maximum absolute atomic E-state index is 14.3. The zero-order valence-corrected chi connectivity index (χ0v) is 29.1. The van der Waals surface area contributed by atoms with Crippen molar-refractivity contribution >= 4 is 47.1 Å². The molecule has 1 saturated heterocycles. The van der Waals surface area contributed by atoms with E-state index in [-0.39, 0.29) is 20.5 Å². The molecule has 1 unspecified atom stereocenters. The highest BCUT2D eigenvalue weighted by atomic mass is 32.2. The van der Waals surface area contributed by atoms with Gasteiger partial charge in [0.05, 0.1) is 14.7 Å². The second-order valence-electron chi connectivity index (χ2n) is 12.5. The summed E-state index contributed by atoms with van der Waals surface area (Å²) in [7, 11) is -6.17. The standard InChI is InChI=1S/C38H36FN5O4S2/c1-42(50(47,48)38-7-3-5-30-26-41-19-17-36(30)38)33(27-43-20-22-44(23-21-43)32-12-10-31(39)11-13-32)24-28-8-14-34(15-9-28)49(45,46)37-6-2-4-29-25-40-18-16-35(29)37/h2-19,25-26,33H,20-24,27H2,1H3. The van der Waals surface area contributed by atoms with Crippen molar-refractivity contribution in [1.29, 1.82) is 0 Å². The lowest BCUT2D eigenvalue weighted by Gasteiger charge is -2.39. The number of rotatable bonds is 10. The second-order valence-corrected chi connectivity index (χ2v) is 16.4. The van der Waals surface area contributed by atoms with E-state index < -0.39 is 25.9 Å². The number of fused-ring (bicyclic) bond motifs is 2. The average molecular weight is 710 g/mol. The largest absolute Gasteiger partial charge is 0.369 e. The van der Waals surface area contributed by atoms with Gasteiger partial charge in [0.2, 0.25) is 19.9 Å². The first-order valence-corrected chi connectivity index (χ1v) is 19.2. The Bertz CT molecular complexity index is 2360. The fourth-order valence-electron chi connectivity index (χ4n) is 6.65. The monoisotopic (exact) mass is 709 g/mol. The van der Waals surface area contributed by atoms with Gasteiger partial charge in [-0.3, -0.25) is 14.9 Å². The predicted molar refractivity (Wildman–Crippen MR) is 193 cm³/mol. The maximum atomic E-state index is 14.3. The van der Waals surface area contributed by atoms with E-state index in [4.69, 9.17) is 0 Å². The molecule has 4 aromatic carbocycles. The molecule has 2 aromatic heterocycles. The van der Waals surface area contributed by atoms with Crippen molar-refractivity contribution in [2.24, 2.45) is 0 Å². The van der Waals surface area contributed by atoms with E-state index in [2.05, 4.69) is 19.8 Å². The highest BCUT2D eigenvalue weighted by molar-refractivity contribution is 7.91. The van der Waals surface area contributed by atoms with Gasteiger partial charge in [0, 0.05) is 97.8 Å². The molecule has 0 amide bonds. The summed E-state index contributed by atoms with van der Waals surface area (Å²) in [6, 6.07) is 26.4. The van der Waals surface area contributed by atoms with Crippen LogP contribution >= 0.6 is 0 Å². The lowest BCUT2D eigenvalue weighted by atomic mass is 10.1. The quantitative estimate of drug-likeness (QED) is 0.176. The molecule has 12 heteroatoms. The number of sulfonamides is 1. The molecule has 0 radical (unpaired) electrons. The van der Waals surface area contributed by atoms with Gasteiger partial charge in [-0.2, -0.15) is 4.31 Å². The number of sulfone groups is 1. The number of nitrogens with zero attached hydrogens (tertiary/aromatic N) is 5. The molecule has 6 aromatic rings. The summed E-state index contributed by atoms with van der Waals surface area (Å²) in [4.78, 5) is 13.3. The lowest BCUT2D eigenvalue weighted by molar-refractivity contribution is 0.200. The molecule has 0 bridgehead atoms. The molecule has 1 aliphatic heterocycles. The summed E-state index contributed by atoms with van der Waals surface area (Å²) < 4.78 is 71.1. The van der Waals surface area contributed by atoms with Crippen molar-refractivity contribution in [3.05, 3.63) is 133 Å². The maximum Gasteiger partial charge on any atom is 0.243 e. The molecule has 1 aliphatic rings. The number of halogens is 1. The van der Waals surface area contributed by atoms with E-state index in [0.29, 0.717) is 49.9 Å². The van der Waals surface area contributed by atoms with Gasteiger partial charge < -0.3 is 4.90 Å². The second kappa shape index (κ2) is 13.9. The van der Waals surface area contributed by atoms with Crippen molar-refractivity contribution in [2.75, 3.05) is 44.7 Å². The Morgan fingerprint density at radius 3 is 1.92 bits per heavy atom. The van der Waals surface area contributed by atoms with Crippen LogP contribution in [0.15, 0.2) is 137 Å². The average Bonchev–Trinajstić information content (AvgIpc) is 3.14. The van der Waals surface area contributed by atoms with Crippen LogP contribution in [-0.2, 0) is 26.3 Å². The van der Waals surface area contributed by atoms with Crippen LogP contribution in [0.5, 0.6) is 0 Å². The Balaban J connectivity index is 1.16. The van der Waals surface area contributed by atoms with Gasteiger partial charge in [0.1, 0.15) is 5.82 Å². The van der Waals surface area contributed by atoms with Crippen molar-refractivity contribution in [2.45, 2.75) is 27.1 Å². The number of piperazine rings is 1. The minimum Gasteiger partial charge on any atom is -0.369 e. The first-order chi connectivity index (χ1) is 24.1. The molecule has 0 aliphatic carbocycles. The number of aromatic nitrogens is 2. The summed E-state index contributed by atoms with van der Waals surface area (Å²) in [5.41, 5.74) is 1.76. The number of anilines is 1. The molecule has 1 fully saturated rings. The van der Waals surface area contributed by atoms with Crippen molar-refractivity contribution in [3.63, 3.8) is 0 Å². The van der Waals surface area contributed by atoms with Gasteiger partial charge in [-0.1, -0.05) is 36.4 Å². The van der Waals surface area contributed by atoms with Crippen LogP contribution in [0, 0.1) is 5.82 Å². The SMILES string of the molecule is CN(C(Cc1ccc(S(=O)(=O)c2cccc3cnccc23)cc1)CN1CCN(c2ccc(F)cc2)CC1)S(=O)(=O)c1cccc2cnccc12. The van der Waals surface area contributed by atoms with E-state index in [9.17, 15) is 21.2 Å². The number of benzene rings is 4. The molecule has 0 N–H and O–H groups in total. The molecule has 50 heavy (non-hydrogen) atoms. The Hall–Kier alpha value is -4.75. The van der Waals surface area contributed by atoms with E-state index >= 15 is 0 Å². The summed E-state index contributed by atoms with van der Waals surface area (Å²) >= 11 is 0. The topological polar surface area (TPSA) is 104 Å². The zero-order chi connectivity index (χ0) is 34.9. The highest BCUT2D eigenvalue weighted by Crippen LogP contribution is 2.30. The smallest absolute Gasteiger partial charge is 0.243 e. The minimum atomic E-state index is -3.95. The number of pyridine rings is 2. The number of hydrogen-bond acceptors (Lipinski definition) is 8. The fraction of sp³-hybridized carbons (Fsp3) is 0.211. The van der Waals surface area contributed by atoms with E-state index in [1.54, 1.807) is 105 Å². The molecule has 0 spiro atoms. The first kappa shape index (κ1) is 33.7. The molecule has 256 valence electrons. The highest BCUT2D eigenvalue weighted by Gasteiger charge is 2.32. The van der Waals surface area contributed by atoms with Crippen LogP contribution in [0.3, 0.4) is 0 Å². The summed E-state index contributed by atoms with van der Waals surface area (Å²) in [6.45, 7) is 3.27. The number of hydrogen-bond donors (Lipinski definition) is 0. The van der Waals surface area contributed by atoms with E-state index in [1.807, 2.05) is 12.1 Å². The number of likely N-dealkylation sites (N-methyl/N-ethyl adjacent to an activating group) is 1. The fourth-order valence-corrected chi connectivity index (χ4v) is 9.69. The van der Waals surface area contributed by atoms with Crippen LogP contribution in [0.2, 0.25) is 0 Å². The molecule has 1 atom stereocenters. The van der Waals surface area contributed by atoms with Gasteiger partial charge in [-0.15, -0.1) is 0 Å². The van der Waals surface area contributed by atoms with Gasteiger partial charge >= 0.3 is 0 Å². The molecule has 9 nitrogen and oxygen atoms in total. The van der Waals surface area contributed by atoms with Crippen LogP contribution in [0.25, 0.3) is 21.5 Å². The van der Waals surface area contributed by atoms with Crippen molar-refractivity contribution in [3.8, 4) is 0 Å². The predicted octanol–water partition coefficient (Wildman–Crippen LogP) is 5.81. The third kappa shape index (κ3) is 6.71. The molecule has 7 rings (SSSR count). The Labute approximate surface area is 291 Å². The van der Waals surface area contributed by atoms with Crippen molar-refractivity contribution in [1.82, 2.24) is 19.2 Å². The molecular formula is C38H36FN5O4S2. The van der Waals surface area contributed by atoms with Crippen LogP contribution < -0.4 is 4.90 Å². The first-order valence-electron chi connectivity index (χ1n) is 16.3. The molecular weight excluding hydrogens is 674 g/mol. The van der Waals surface area contributed by atoms with Gasteiger partial charge in [0.15, 0.2) is 0 Å². The summed E-state index contributed by atoms with van der Waals surface area (Å²) in [5, 5.41) is 2.66. The third-order valence-corrected chi connectivity index (χ3v) is 13.3. The lowest BCUT2D eigenvalue weighted by Crippen LogP contribution is -2.52. The van der Waals surface area contributed by atoms with Crippen LogP contribution in [0.4, 0.5) is 10.1 Å². The molecule has 0 saturated carbocycles. The van der Waals surface area contributed by atoms with Gasteiger partial charge in [-0.25, -0.2) is 21.2 Å². The Kier molecular flexibility index (Phi) is 9.36. The third-order valence-electron chi connectivity index (χ3n) is 9.48. The van der Waals surface area contributed by atoms with Crippen LogP contribution in [-0.4, -0.2) is 81.8 Å². The Morgan fingerprint density at radius 1 is 0.720 bits per heavy atom. The van der Waals surface area contributed by atoms with Crippen molar-refractivity contribution < 1.29 is 21.2 Å². The van der Waals surface area contributed by atoms with Gasteiger partial charge in [0.25, 0.3) is 0 Å². The van der Waals surface area contributed by atoms with Gasteiger partial charge in [-0.05, 0) is 72.6 Å². The Morgan fingerprint density at radius 2 is 1.30 bits per heavy atom. The minimum absolute atomic E-state index is 0.157. The molecule has 3 heterocycles. The van der Waals surface area contributed by atoms with E-state index in [0.717, 1.165) is 22.0 Å². The zero-order valence-electron chi connectivity index (χ0n) is 27.4. The summed E-state index contributed by atoms with van der Waals surface area (Å²) in [6.07, 6.45) is 6.81. The summed E-state index contributed by atoms with van der Waals surface area (Å²) in [5.74, 6) is -0.279. The van der Waals surface area contributed by atoms with E-state index in [1.165, 1.54) is 16.4 Å². The van der Waals surface area contributed by atoms with Crippen LogP contribution in [0.1, 0.15) is 5.56 Å².